The number of aryl methyl sites for hydroxylation is 1. The van der Waals surface area contributed by atoms with Gasteiger partial charge in [-0.2, -0.15) is 26.3 Å². The largest absolute Gasteiger partial charge is 0.416 e. The fourth-order valence-electron chi connectivity index (χ4n) is 5.27. The third kappa shape index (κ3) is 7.43. The molecule has 0 saturated carbocycles. The summed E-state index contributed by atoms with van der Waals surface area (Å²) in [6.07, 6.45) is -5.03. The van der Waals surface area contributed by atoms with E-state index in [0.717, 1.165) is 27.8 Å². The Balaban J connectivity index is 1.72. The highest BCUT2D eigenvalue weighted by Gasteiger charge is 2.38. The molecule has 1 aliphatic rings. The quantitative estimate of drug-likeness (QED) is 0.265. The van der Waals surface area contributed by atoms with Gasteiger partial charge in [-0.15, -0.1) is 0 Å². The van der Waals surface area contributed by atoms with Gasteiger partial charge in [0.1, 0.15) is 6.04 Å². The van der Waals surface area contributed by atoms with E-state index in [1.807, 2.05) is 35.9 Å². The zero-order valence-electron chi connectivity index (χ0n) is 24.3. The third-order valence-corrected chi connectivity index (χ3v) is 7.70. The van der Waals surface area contributed by atoms with Crippen LogP contribution >= 0.6 is 0 Å². The van der Waals surface area contributed by atoms with Crippen molar-refractivity contribution in [2.24, 2.45) is 7.05 Å². The average Bonchev–Trinajstić information content (AvgIpc) is 3.13. The van der Waals surface area contributed by atoms with E-state index in [9.17, 15) is 40.7 Å². The maximum atomic E-state index is 13.6. The number of nitrogens with one attached hydrogen (secondary N) is 2. The Labute approximate surface area is 249 Å². The predicted molar refractivity (Wildman–Crippen MR) is 151 cm³/mol. The first-order valence-corrected chi connectivity index (χ1v) is 13.9. The summed E-state index contributed by atoms with van der Waals surface area (Å²) in [5.74, 6) is -2.01. The van der Waals surface area contributed by atoms with Crippen LogP contribution in [0.5, 0.6) is 0 Å². The number of amides is 3. The molecule has 1 fully saturated rings. The summed E-state index contributed by atoms with van der Waals surface area (Å²) >= 11 is 0. The van der Waals surface area contributed by atoms with E-state index >= 15 is 0 Å². The smallest absolute Gasteiger partial charge is 0.354 e. The van der Waals surface area contributed by atoms with Crippen LogP contribution in [-0.2, 0) is 35.4 Å². The number of likely N-dealkylation sites (N-methyl/N-ethyl adjacent to an activating group) is 1. The van der Waals surface area contributed by atoms with Crippen LogP contribution in [0.2, 0.25) is 0 Å². The van der Waals surface area contributed by atoms with Gasteiger partial charge >= 0.3 is 12.4 Å². The highest BCUT2D eigenvalue weighted by Crippen LogP contribution is 2.37. The first kappa shape index (κ1) is 32.6. The number of carbonyl (C=O) groups excluding carboxylic acids is 3. The number of fused-ring (bicyclic) bond motifs is 1. The topological polar surface area (TPSA) is 83.4 Å². The summed E-state index contributed by atoms with van der Waals surface area (Å²) in [5, 5.41) is 6.23. The Bertz CT molecular complexity index is 1560. The first-order valence-electron chi connectivity index (χ1n) is 13.9. The van der Waals surface area contributed by atoms with E-state index in [1.54, 1.807) is 6.20 Å². The molecule has 4 rings (SSSR count). The highest BCUT2D eigenvalue weighted by molar-refractivity contribution is 5.97. The molecule has 1 aliphatic heterocycles. The third-order valence-electron chi connectivity index (χ3n) is 7.70. The minimum atomic E-state index is -5.13. The molecule has 44 heavy (non-hydrogen) atoms. The lowest BCUT2D eigenvalue weighted by atomic mass is 9.99. The van der Waals surface area contributed by atoms with Crippen molar-refractivity contribution in [1.82, 2.24) is 20.1 Å². The van der Waals surface area contributed by atoms with Crippen LogP contribution in [0.15, 0.2) is 60.3 Å². The van der Waals surface area contributed by atoms with Crippen LogP contribution in [0, 0.1) is 0 Å². The number of benzene rings is 2. The number of para-hydroxylation sites is 1. The molecule has 0 aliphatic carbocycles. The number of halogens is 6. The number of hydrogen-bond donors (Lipinski definition) is 2. The molecule has 236 valence electrons. The fraction of sp³-hybridized carbons (Fsp3) is 0.387. The molecular formula is C31H32F6N4O3. The molecule has 2 heterocycles. The Morgan fingerprint density at radius 3 is 2.34 bits per heavy atom. The van der Waals surface area contributed by atoms with Gasteiger partial charge in [0.15, 0.2) is 0 Å². The van der Waals surface area contributed by atoms with Crippen molar-refractivity contribution >= 4 is 28.6 Å². The van der Waals surface area contributed by atoms with Gasteiger partial charge in [-0.05, 0) is 62.4 Å². The Hall–Kier alpha value is -4.29. The summed E-state index contributed by atoms with van der Waals surface area (Å²) in [4.78, 5) is 40.1. The Kier molecular flexibility index (Phi) is 9.45. The van der Waals surface area contributed by atoms with Gasteiger partial charge in [0.2, 0.25) is 11.8 Å². The number of rotatable bonds is 7. The SMILES string of the molecule is C/C(=C\[C@@H](Cc1cn(C)c2ccccc12)N(C)C(=O)c1cc(C(F)(F)F)cc(C(F)(F)F)c1)C(=O)N[C@@H]1CCCCNC1=O. The lowest BCUT2D eigenvalue weighted by Gasteiger charge is -2.27. The van der Waals surface area contributed by atoms with Gasteiger partial charge in [-0.25, -0.2) is 0 Å². The van der Waals surface area contributed by atoms with Crippen molar-refractivity contribution in [2.45, 2.75) is 57.0 Å². The molecule has 0 unspecified atom stereocenters. The average molecular weight is 623 g/mol. The molecule has 2 atom stereocenters. The molecule has 2 aromatic carbocycles. The number of hydrogen-bond acceptors (Lipinski definition) is 3. The second-order valence-corrected chi connectivity index (χ2v) is 10.9. The first-order chi connectivity index (χ1) is 20.6. The van der Waals surface area contributed by atoms with E-state index in [0.29, 0.717) is 31.5 Å². The Morgan fingerprint density at radius 2 is 1.70 bits per heavy atom. The highest BCUT2D eigenvalue weighted by atomic mass is 19.4. The lowest BCUT2D eigenvalue weighted by molar-refractivity contribution is -0.143. The van der Waals surface area contributed by atoms with E-state index < -0.39 is 52.9 Å². The van der Waals surface area contributed by atoms with E-state index in [2.05, 4.69) is 10.6 Å². The number of alkyl halides is 6. The molecule has 2 N–H and O–H groups in total. The van der Waals surface area contributed by atoms with Crippen LogP contribution < -0.4 is 10.6 Å². The predicted octanol–water partition coefficient (Wildman–Crippen LogP) is 5.63. The summed E-state index contributed by atoms with van der Waals surface area (Å²) in [6.45, 7) is 1.95. The van der Waals surface area contributed by atoms with E-state index in [-0.39, 0.29) is 24.0 Å². The summed E-state index contributed by atoms with van der Waals surface area (Å²) in [5.41, 5.74) is -2.30. The van der Waals surface area contributed by atoms with Crippen molar-refractivity contribution < 1.29 is 40.7 Å². The minimum absolute atomic E-state index is 0.0393. The van der Waals surface area contributed by atoms with Crippen LogP contribution in [-0.4, -0.2) is 52.9 Å². The zero-order chi connectivity index (χ0) is 32.4. The number of nitrogens with zero attached hydrogens (tertiary/aromatic N) is 2. The fourth-order valence-corrected chi connectivity index (χ4v) is 5.27. The van der Waals surface area contributed by atoms with Crippen LogP contribution in [0.3, 0.4) is 0 Å². The van der Waals surface area contributed by atoms with E-state index in [4.69, 9.17) is 0 Å². The van der Waals surface area contributed by atoms with Crippen molar-refractivity contribution in [3.05, 3.63) is 82.6 Å². The molecular weight excluding hydrogens is 590 g/mol. The van der Waals surface area contributed by atoms with Gasteiger partial charge in [-0.1, -0.05) is 24.3 Å². The molecule has 0 bridgehead atoms. The van der Waals surface area contributed by atoms with Crippen LogP contribution in [0.1, 0.15) is 53.2 Å². The Morgan fingerprint density at radius 1 is 1.07 bits per heavy atom. The number of aromatic nitrogens is 1. The second kappa shape index (κ2) is 12.7. The van der Waals surface area contributed by atoms with Crippen LogP contribution in [0.4, 0.5) is 26.3 Å². The van der Waals surface area contributed by atoms with Crippen molar-refractivity contribution in [3.63, 3.8) is 0 Å². The lowest BCUT2D eigenvalue weighted by Crippen LogP contribution is -2.46. The van der Waals surface area contributed by atoms with E-state index in [1.165, 1.54) is 20.0 Å². The zero-order valence-corrected chi connectivity index (χ0v) is 24.3. The monoisotopic (exact) mass is 622 g/mol. The van der Waals surface area contributed by atoms with Gasteiger partial charge in [-0.3, -0.25) is 14.4 Å². The van der Waals surface area contributed by atoms with Crippen molar-refractivity contribution in [1.29, 1.82) is 0 Å². The molecule has 0 radical (unpaired) electrons. The molecule has 1 aromatic heterocycles. The maximum Gasteiger partial charge on any atom is 0.416 e. The van der Waals surface area contributed by atoms with Gasteiger partial charge in [0, 0.05) is 48.9 Å². The van der Waals surface area contributed by atoms with Crippen LogP contribution in [0.25, 0.3) is 10.9 Å². The molecule has 13 heteroatoms. The summed E-state index contributed by atoms with van der Waals surface area (Å²) in [6, 6.07) is 6.36. The second-order valence-electron chi connectivity index (χ2n) is 10.9. The van der Waals surface area contributed by atoms with Crippen molar-refractivity contribution in [3.8, 4) is 0 Å². The van der Waals surface area contributed by atoms with Gasteiger partial charge in [0.05, 0.1) is 17.2 Å². The normalized spacial score (nSPS) is 17.2. The molecule has 1 saturated heterocycles. The molecule has 3 aromatic rings. The standard InChI is InChI=1S/C31H32F6N4O3/c1-18(27(42)39-25-9-6-7-11-38-28(25)43)12-23(15-20-17-40(2)26-10-5-4-8-24(20)26)41(3)29(44)19-13-21(30(32,33)34)16-22(14-19)31(35,36)37/h4-5,8,10,12-14,16-17,23,25H,6-7,9,11,15H2,1-3H3,(H,38,43)(H,39,42)/b18-12+/t23-,25+/m0/s1. The maximum absolute atomic E-state index is 13.6. The summed E-state index contributed by atoms with van der Waals surface area (Å²) in [7, 11) is 3.06. The molecule has 3 amide bonds. The van der Waals surface area contributed by atoms with Gasteiger partial charge < -0.3 is 20.1 Å². The molecule has 0 spiro atoms. The number of carbonyl (C=O) groups is 3. The molecule has 7 nitrogen and oxygen atoms in total. The van der Waals surface area contributed by atoms with Crippen molar-refractivity contribution in [2.75, 3.05) is 13.6 Å². The summed E-state index contributed by atoms with van der Waals surface area (Å²) < 4.78 is 83.0. The minimum Gasteiger partial charge on any atom is -0.354 e. The van der Waals surface area contributed by atoms with Gasteiger partial charge in [0.25, 0.3) is 5.91 Å².